The molecule has 0 spiro atoms. The van der Waals surface area contributed by atoms with Crippen LogP contribution in [0.2, 0.25) is 0 Å². The van der Waals surface area contributed by atoms with E-state index in [0.717, 1.165) is 0 Å². The zero-order valence-electron chi connectivity index (χ0n) is 20.6. The number of carbonyl (C=O) groups is 1. The molecule has 0 bridgehead atoms. The third-order valence-electron chi connectivity index (χ3n) is 5.58. The van der Waals surface area contributed by atoms with E-state index in [9.17, 15) is 18.7 Å². The first-order valence-corrected chi connectivity index (χ1v) is 13.1. The fraction of sp³-hybridized carbons (Fsp3) is 0.111. The van der Waals surface area contributed by atoms with Crippen molar-refractivity contribution >= 4 is 21.3 Å². The highest BCUT2D eigenvalue weighted by Crippen LogP contribution is 2.36. The van der Waals surface area contributed by atoms with Crippen LogP contribution in [0.15, 0.2) is 71.6 Å². The summed E-state index contributed by atoms with van der Waals surface area (Å²) in [6, 6.07) is 18.6. The maximum atomic E-state index is 14.6. The molecule has 4 aromatic rings. The summed E-state index contributed by atoms with van der Waals surface area (Å²) in [6.45, 7) is 1.59. The minimum atomic E-state index is -3.02. The summed E-state index contributed by atoms with van der Waals surface area (Å²) in [6.07, 6.45) is 1.28. The molecule has 38 heavy (non-hydrogen) atoms. The quantitative estimate of drug-likeness (QED) is 0.319. The molecule has 0 aliphatic carbocycles. The van der Waals surface area contributed by atoms with Crippen LogP contribution in [-0.4, -0.2) is 33.7 Å². The van der Waals surface area contributed by atoms with Gasteiger partial charge in [0.25, 0.3) is 11.8 Å². The van der Waals surface area contributed by atoms with Crippen molar-refractivity contribution in [2.75, 3.05) is 18.7 Å². The molecule has 9 nitrogen and oxygen atoms in total. The third kappa shape index (κ3) is 5.45. The standard InChI is InChI=1S/C27H22FN5O4S/c1-16-24(26(34)31-18-7-6-8-19(14-18)38(3,30)35)27(33-32-25(16)20-9-4-5-10-21(20)28)37-22-12-11-17(15-29)13-23(22)36-2/h4-14,30H,1-3H3,(H,31,34)/t38-/m1/s1. The SMILES string of the molecule is COc1cc(C#N)ccc1Oc1nnc(-c2ccccc2F)c(C)c1C(=O)Nc1cccc([S@](C)(=N)=O)c1. The lowest BCUT2D eigenvalue weighted by atomic mass is 10.0. The number of nitrogens with zero attached hydrogens (tertiary/aromatic N) is 3. The van der Waals surface area contributed by atoms with Gasteiger partial charge in [0, 0.05) is 28.5 Å². The number of methoxy groups -OCH3 is 1. The van der Waals surface area contributed by atoms with E-state index >= 15 is 0 Å². The minimum Gasteiger partial charge on any atom is -0.493 e. The van der Waals surface area contributed by atoms with Crippen LogP contribution < -0.4 is 14.8 Å². The van der Waals surface area contributed by atoms with Gasteiger partial charge in [0.15, 0.2) is 11.5 Å². The average molecular weight is 532 g/mol. The van der Waals surface area contributed by atoms with Gasteiger partial charge >= 0.3 is 0 Å². The molecule has 0 fully saturated rings. The van der Waals surface area contributed by atoms with E-state index in [1.807, 2.05) is 6.07 Å². The highest BCUT2D eigenvalue weighted by atomic mass is 32.2. The molecule has 4 rings (SSSR count). The molecule has 0 unspecified atom stereocenters. The van der Waals surface area contributed by atoms with Crippen molar-refractivity contribution < 1.29 is 22.9 Å². The number of nitriles is 1. The normalized spacial score (nSPS) is 12.2. The number of hydrogen-bond acceptors (Lipinski definition) is 8. The van der Waals surface area contributed by atoms with Crippen molar-refractivity contribution in [1.82, 2.24) is 10.2 Å². The van der Waals surface area contributed by atoms with Crippen molar-refractivity contribution in [1.29, 1.82) is 10.0 Å². The Kier molecular flexibility index (Phi) is 7.36. The van der Waals surface area contributed by atoms with Crippen LogP contribution in [0.5, 0.6) is 17.4 Å². The number of hydrogen-bond donors (Lipinski definition) is 2. The zero-order chi connectivity index (χ0) is 27.4. The fourth-order valence-corrected chi connectivity index (χ4v) is 4.37. The van der Waals surface area contributed by atoms with Crippen LogP contribution in [0, 0.1) is 28.9 Å². The van der Waals surface area contributed by atoms with E-state index < -0.39 is 21.5 Å². The predicted molar refractivity (Wildman–Crippen MR) is 139 cm³/mol. The van der Waals surface area contributed by atoms with E-state index in [2.05, 4.69) is 15.5 Å². The second kappa shape index (κ2) is 10.7. The Labute approximate surface area is 218 Å². The lowest BCUT2D eigenvalue weighted by Gasteiger charge is -2.16. The maximum absolute atomic E-state index is 14.6. The molecule has 11 heteroatoms. The van der Waals surface area contributed by atoms with Gasteiger partial charge in [0.05, 0.1) is 34.2 Å². The molecule has 1 aromatic heterocycles. The highest BCUT2D eigenvalue weighted by molar-refractivity contribution is 7.91. The van der Waals surface area contributed by atoms with Gasteiger partial charge < -0.3 is 14.8 Å². The van der Waals surface area contributed by atoms with Gasteiger partial charge in [-0.15, -0.1) is 10.2 Å². The Morgan fingerprint density at radius 2 is 1.84 bits per heavy atom. The Bertz CT molecular complexity index is 1700. The van der Waals surface area contributed by atoms with Crippen LogP contribution in [0.1, 0.15) is 21.5 Å². The van der Waals surface area contributed by atoms with Gasteiger partial charge in [-0.2, -0.15) is 5.26 Å². The molecule has 1 heterocycles. The topological polar surface area (TPSA) is 138 Å². The Hall–Kier alpha value is -4.82. The van der Waals surface area contributed by atoms with Gasteiger partial charge in [-0.3, -0.25) is 4.79 Å². The summed E-state index contributed by atoms with van der Waals surface area (Å²) in [5, 5.41) is 20.1. The van der Waals surface area contributed by atoms with Crippen LogP contribution in [0.3, 0.4) is 0 Å². The molecule has 0 saturated carbocycles. The number of amides is 1. The second-order valence-corrected chi connectivity index (χ2v) is 10.4. The Morgan fingerprint density at radius 3 is 2.53 bits per heavy atom. The molecular weight excluding hydrogens is 509 g/mol. The summed E-state index contributed by atoms with van der Waals surface area (Å²) in [5.74, 6) is -0.968. The van der Waals surface area contributed by atoms with E-state index in [0.29, 0.717) is 16.8 Å². The summed E-state index contributed by atoms with van der Waals surface area (Å²) in [4.78, 5) is 13.8. The van der Waals surface area contributed by atoms with Gasteiger partial charge in [-0.25, -0.2) is 13.4 Å². The van der Waals surface area contributed by atoms with Gasteiger partial charge in [0.1, 0.15) is 11.4 Å². The van der Waals surface area contributed by atoms with Crippen molar-refractivity contribution in [3.63, 3.8) is 0 Å². The summed E-state index contributed by atoms with van der Waals surface area (Å²) in [5.41, 5.74) is 1.19. The number of nitrogens with one attached hydrogen (secondary N) is 2. The number of ether oxygens (including phenoxy) is 2. The molecule has 0 radical (unpaired) electrons. The number of benzene rings is 3. The summed E-state index contributed by atoms with van der Waals surface area (Å²) in [7, 11) is -1.62. The first-order chi connectivity index (χ1) is 18.1. The summed E-state index contributed by atoms with van der Waals surface area (Å²) >= 11 is 0. The van der Waals surface area contributed by atoms with Crippen LogP contribution in [0.4, 0.5) is 10.1 Å². The highest BCUT2D eigenvalue weighted by Gasteiger charge is 2.25. The fourth-order valence-electron chi connectivity index (χ4n) is 3.68. The largest absolute Gasteiger partial charge is 0.493 e. The molecule has 3 aromatic carbocycles. The van der Waals surface area contributed by atoms with Crippen molar-refractivity contribution in [3.8, 4) is 34.7 Å². The van der Waals surface area contributed by atoms with Crippen molar-refractivity contribution in [3.05, 3.63) is 89.2 Å². The van der Waals surface area contributed by atoms with Crippen molar-refractivity contribution in [2.24, 2.45) is 0 Å². The molecular formula is C27H22FN5O4S. The number of rotatable bonds is 7. The lowest BCUT2D eigenvalue weighted by Crippen LogP contribution is -2.17. The predicted octanol–water partition coefficient (Wildman–Crippen LogP) is 5.55. The van der Waals surface area contributed by atoms with Gasteiger partial charge in [0.2, 0.25) is 0 Å². The van der Waals surface area contributed by atoms with Gasteiger partial charge in [-0.05, 0) is 55.0 Å². The molecule has 0 aliphatic rings. The van der Waals surface area contributed by atoms with Gasteiger partial charge in [-0.1, -0.05) is 18.2 Å². The number of halogens is 1. The van der Waals surface area contributed by atoms with Crippen LogP contribution >= 0.6 is 0 Å². The second-order valence-electron chi connectivity index (χ2n) is 8.24. The lowest BCUT2D eigenvalue weighted by molar-refractivity contribution is 0.102. The van der Waals surface area contributed by atoms with E-state index in [1.165, 1.54) is 61.9 Å². The van der Waals surface area contributed by atoms with Crippen LogP contribution in [-0.2, 0) is 9.73 Å². The number of anilines is 1. The molecule has 0 aliphatic heterocycles. The average Bonchev–Trinajstić information content (AvgIpc) is 2.89. The Balaban J connectivity index is 1.83. The zero-order valence-corrected chi connectivity index (χ0v) is 21.4. The molecule has 2 N–H and O–H groups in total. The Morgan fingerprint density at radius 1 is 1.08 bits per heavy atom. The molecule has 1 atom stereocenters. The van der Waals surface area contributed by atoms with E-state index in [4.69, 9.17) is 14.3 Å². The van der Waals surface area contributed by atoms with Crippen LogP contribution in [0.25, 0.3) is 11.3 Å². The minimum absolute atomic E-state index is 0.0295. The molecule has 1 amide bonds. The molecule has 192 valence electrons. The maximum Gasteiger partial charge on any atom is 0.261 e. The number of carbonyl (C=O) groups excluding carboxylic acids is 1. The molecule has 0 saturated heterocycles. The number of aromatic nitrogens is 2. The third-order valence-corrected chi connectivity index (χ3v) is 6.74. The summed E-state index contributed by atoms with van der Waals surface area (Å²) < 4.78 is 45.9. The first kappa shape index (κ1) is 26.2. The monoisotopic (exact) mass is 531 g/mol. The van der Waals surface area contributed by atoms with E-state index in [1.54, 1.807) is 25.1 Å². The van der Waals surface area contributed by atoms with Crippen molar-refractivity contribution in [2.45, 2.75) is 11.8 Å². The van der Waals surface area contributed by atoms with E-state index in [-0.39, 0.29) is 39.1 Å². The smallest absolute Gasteiger partial charge is 0.261 e. The first-order valence-electron chi connectivity index (χ1n) is 11.2.